The van der Waals surface area contributed by atoms with E-state index in [4.69, 9.17) is 10.2 Å². The van der Waals surface area contributed by atoms with Gasteiger partial charge in [-0.2, -0.15) is 0 Å². The van der Waals surface area contributed by atoms with Crippen LogP contribution in [0.2, 0.25) is 0 Å². The minimum atomic E-state index is -1.40. The molecule has 0 unspecified atom stereocenters. The minimum absolute atomic E-state index is 0.0634. The third-order valence-corrected chi connectivity index (χ3v) is 1.38. The Bertz CT molecular complexity index is 302. The lowest BCUT2D eigenvalue weighted by molar-refractivity contribution is -0.121. The average Bonchev–Trinajstić information content (AvgIpc) is 2.30. The zero-order valence-electron chi connectivity index (χ0n) is 9.41. The highest BCUT2D eigenvalue weighted by molar-refractivity contribution is 6.82. The summed E-state index contributed by atoms with van der Waals surface area (Å²) in [6, 6.07) is 0. The first-order chi connectivity index (χ1) is 8.99. The summed E-state index contributed by atoms with van der Waals surface area (Å²) in [6.07, 6.45) is 0. The van der Waals surface area contributed by atoms with E-state index < -0.39 is 11.7 Å². The second-order valence-electron chi connectivity index (χ2n) is 2.78. The molecule has 96 valence electrons. The van der Waals surface area contributed by atoms with Gasteiger partial charge in [-0.1, -0.05) is 0 Å². The van der Waals surface area contributed by atoms with Crippen molar-refractivity contribution in [2.75, 3.05) is 6.67 Å². The molecule has 0 amide bonds. The van der Waals surface area contributed by atoms with Crippen LogP contribution in [0.15, 0.2) is 0 Å². The number of hydrogen-bond acceptors (Lipinski definition) is 8. The van der Waals surface area contributed by atoms with Gasteiger partial charge in [0.1, 0.15) is 0 Å². The first kappa shape index (κ1) is 17.1. The summed E-state index contributed by atoms with van der Waals surface area (Å²) in [5.41, 5.74) is 0. The maximum atomic E-state index is 10.5. The summed E-state index contributed by atoms with van der Waals surface area (Å²) in [5, 5.41) is 17.1. The zero-order valence-corrected chi connectivity index (χ0v) is 9.41. The monoisotopic (exact) mass is 266 g/mol. The Balaban J connectivity index is 4.48. The SMILES string of the molecule is O=CO[B]N([B]OC=O)CN([B]C(=O)O)[B]C(=O)O. The molecule has 0 rings (SSSR count). The van der Waals surface area contributed by atoms with Gasteiger partial charge in [-0.15, -0.1) is 0 Å². The standard InChI is InChI=1S/C5H6B4N2O8/c12-2-18-8-11(9-19-3-13)1-10(6-4(14)15)7-5(16)17/h2-3H,1H2,(H,14,15)(H,16,17). The predicted octanol–water partition coefficient (Wildman–Crippen LogP) is -2.44. The van der Waals surface area contributed by atoms with Crippen LogP contribution in [0, 0.1) is 0 Å². The number of carbonyl (C=O) groups excluding carboxylic acids is 2. The zero-order chi connectivity index (χ0) is 14.7. The highest BCUT2D eigenvalue weighted by Crippen LogP contribution is 1.91. The van der Waals surface area contributed by atoms with E-state index in [2.05, 4.69) is 9.31 Å². The first-order valence-corrected chi connectivity index (χ1v) is 4.51. The number of hydrogen-bond donors (Lipinski definition) is 2. The first-order valence-electron chi connectivity index (χ1n) is 4.51. The Labute approximate surface area is 110 Å². The molecule has 0 aliphatic rings. The molecule has 0 heterocycles. The fourth-order valence-electron chi connectivity index (χ4n) is 0.889. The maximum absolute atomic E-state index is 10.5. The van der Waals surface area contributed by atoms with Gasteiger partial charge in [0.15, 0.2) is 0 Å². The van der Waals surface area contributed by atoms with Crippen LogP contribution in [0.5, 0.6) is 0 Å². The van der Waals surface area contributed by atoms with Gasteiger partial charge in [0.25, 0.3) is 24.7 Å². The molecule has 0 aliphatic heterocycles. The van der Waals surface area contributed by atoms with Crippen LogP contribution in [-0.2, 0) is 18.9 Å². The molecule has 0 aliphatic carbocycles. The average molecular weight is 265 g/mol. The van der Waals surface area contributed by atoms with Gasteiger partial charge < -0.3 is 29.0 Å². The van der Waals surface area contributed by atoms with Crippen LogP contribution >= 0.6 is 0 Å². The molecule has 19 heavy (non-hydrogen) atoms. The van der Waals surface area contributed by atoms with Gasteiger partial charge >= 0.3 is 30.1 Å². The number of nitrogens with zero attached hydrogens (tertiary/aromatic N) is 2. The van der Waals surface area contributed by atoms with Gasteiger partial charge in [-0.05, 0) is 0 Å². The molecule has 0 spiro atoms. The normalized spacial score (nSPS) is 9.37. The van der Waals surface area contributed by atoms with Crippen molar-refractivity contribution < 1.29 is 38.7 Å². The highest BCUT2D eigenvalue weighted by Gasteiger charge is 2.23. The number of carbonyl (C=O) groups is 4. The Morgan fingerprint density at radius 1 is 0.947 bits per heavy atom. The van der Waals surface area contributed by atoms with E-state index in [1.807, 2.05) is 0 Å². The molecular formula is C5H6B4N2O8. The Kier molecular flexibility index (Phi) is 9.00. The minimum Gasteiger partial charge on any atom is -0.524 e. The summed E-state index contributed by atoms with van der Waals surface area (Å²) >= 11 is 0. The van der Waals surface area contributed by atoms with Gasteiger partial charge in [0, 0.05) is 6.67 Å². The summed E-state index contributed by atoms with van der Waals surface area (Å²) in [4.78, 5) is 41.0. The Morgan fingerprint density at radius 2 is 1.37 bits per heavy atom. The van der Waals surface area contributed by atoms with E-state index in [1.165, 1.54) is 0 Å². The Morgan fingerprint density at radius 3 is 1.68 bits per heavy atom. The van der Waals surface area contributed by atoms with Crippen molar-refractivity contribution in [1.82, 2.24) is 9.44 Å². The van der Waals surface area contributed by atoms with Crippen LogP contribution in [0.4, 0.5) is 9.59 Å². The van der Waals surface area contributed by atoms with Crippen molar-refractivity contribution in [2.45, 2.75) is 0 Å². The van der Waals surface area contributed by atoms with Crippen LogP contribution in [0.25, 0.3) is 0 Å². The van der Waals surface area contributed by atoms with E-state index >= 15 is 0 Å². The van der Waals surface area contributed by atoms with Crippen LogP contribution < -0.4 is 0 Å². The molecule has 0 fully saturated rings. The van der Waals surface area contributed by atoms with Crippen LogP contribution in [-0.4, -0.2) is 81.1 Å². The molecule has 0 aromatic carbocycles. The fourth-order valence-corrected chi connectivity index (χ4v) is 0.889. The third kappa shape index (κ3) is 9.73. The molecule has 0 saturated carbocycles. The van der Waals surface area contributed by atoms with Crippen molar-refractivity contribution in [3.63, 3.8) is 0 Å². The largest absolute Gasteiger partial charge is 0.524 e. The third-order valence-electron chi connectivity index (χ3n) is 1.38. The smallest absolute Gasteiger partial charge is 0.473 e. The number of rotatable bonds is 12. The lowest BCUT2D eigenvalue weighted by Gasteiger charge is -2.24. The molecule has 0 atom stereocenters. The van der Waals surface area contributed by atoms with E-state index in [9.17, 15) is 19.2 Å². The maximum Gasteiger partial charge on any atom is 0.473 e. The lowest BCUT2D eigenvalue weighted by Crippen LogP contribution is -2.49. The topological polar surface area (TPSA) is 134 Å². The molecule has 4 radical (unpaired) electrons. The lowest BCUT2D eigenvalue weighted by atomic mass is 9.77. The van der Waals surface area contributed by atoms with Gasteiger partial charge in [-0.25, -0.2) is 0 Å². The summed E-state index contributed by atoms with van der Waals surface area (Å²) in [6.45, 7) is -0.262. The molecule has 0 aromatic heterocycles. The van der Waals surface area contributed by atoms with Crippen molar-refractivity contribution in [3.05, 3.63) is 0 Å². The quantitative estimate of drug-likeness (QED) is 0.222. The molecule has 2 N–H and O–H groups in total. The van der Waals surface area contributed by atoms with Gasteiger partial charge in [0.05, 0.1) is 0 Å². The molecule has 10 nitrogen and oxygen atoms in total. The molecule has 0 aromatic rings. The predicted molar refractivity (Wildman–Crippen MR) is 61.9 cm³/mol. The van der Waals surface area contributed by atoms with Gasteiger partial charge in [0.2, 0.25) is 0 Å². The molecule has 14 heteroatoms. The molecule has 0 saturated heterocycles. The highest BCUT2D eigenvalue weighted by atomic mass is 16.5. The van der Waals surface area contributed by atoms with E-state index in [0.717, 1.165) is 24.7 Å². The fraction of sp³-hybridized carbons (Fsp3) is 0.200. The second kappa shape index (κ2) is 10.0. The van der Waals surface area contributed by atoms with Crippen molar-refractivity contribution in [1.29, 1.82) is 0 Å². The second-order valence-corrected chi connectivity index (χ2v) is 2.78. The summed E-state index contributed by atoms with van der Waals surface area (Å²) in [7, 11) is 2.69. The van der Waals surface area contributed by atoms with Crippen LogP contribution in [0.1, 0.15) is 0 Å². The van der Waals surface area contributed by atoms with Crippen LogP contribution in [0.3, 0.4) is 0 Å². The van der Waals surface area contributed by atoms with Gasteiger partial charge in [-0.3, -0.25) is 19.2 Å². The molecular weight excluding hydrogens is 259 g/mol. The van der Waals surface area contributed by atoms with E-state index in [0.29, 0.717) is 14.8 Å². The van der Waals surface area contributed by atoms with Crippen molar-refractivity contribution in [2.24, 2.45) is 0 Å². The van der Waals surface area contributed by atoms with E-state index in [-0.39, 0.29) is 19.6 Å². The summed E-state index contributed by atoms with van der Waals surface area (Å²) in [5.74, 6) is -2.80. The summed E-state index contributed by atoms with van der Waals surface area (Å²) < 4.78 is 10.2. The van der Waals surface area contributed by atoms with E-state index in [1.54, 1.807) is 0 Å². The number of carboxylic acid groups (broad SMARTS) is 2. The molecule has 0 bridgehead atoms. The Hall–Kier alpha value is -1.94. The van der Waals surface area contributed by atoms with Crippen molar-refractivity contribution >= 4 is 54.7 Å². The van der Waals surface area contributed by atoms with Crippen molar-refractivity contribution in [3.8, 4) is 0 Å².